The second-order valence-corrected chi connectivity index (χ2v) is 22.1. The predicted octanol–water partition coefficient (Wildman–Crippen LogP) is 17.6. The largest absolute Gasteiger partial charge is 0.457 e. The molecule has 0 fully saturated rings. The Balaban J connectivity index is 1.14. The molecule has 0 saturated heterocycles. The van der Waals surface area contributed by atoms with Crippen LogP contribution in [0.15, 0.2) is 170 Å². The first-order valence-electron chi connectivity index (χ1n) is 24.2. The summed E-state index contributed by atoms with van der Waals surface area (Å²) in [5.41, 5.74) is 16.5. The summed E-state index contributed by atoms with van der Waals surface area (Å²) >= 11 is 0. The summed E-state index contributed by atoms with van der Waals surface area (Å²) in [5, 5.41) is 2.34. The molecule has 9 aromatic rings. The molecule has 0 atom stereocenters. The number of nitrogens with zero attached hydrogens (tertiary/aromatic N) is 4. The lowest BCUT2D eigenvalue weighted by Gasteiger charge is -2.27. The summed E-state index contributed by atoms with van der Waals surface area (Å²) < 4.78 is 9.42. The topological polar surface area (TPSA) is 33.5 Å². The number of anilines is 4. The summed E-state index contributed by atoms with van der Waals surface area (Å²) in [6.07, 6.45) is 1.93. The van der Waals surface area contributed by atoms with Gasteiger partial charge in [-0.25, -0.2) is 4.98 Å². The van der Waals surface area contributed by atoms with E-state index in [-0.39, 0.29) is 16.2 Å². The Morgan fingerprint density at radius 3 is 1.87 bits per heavy atom. The molecule has 3 heterocycles. The molecule has 1 aliphatic heterocycles. The number of fused-ring (bicyclic) bond motifs is 4. The number of para-hydroxylation sites is 1. The first-order valence-corrected chi connectivity index (χ1v) is 24.2. The van der Waals surface area contributed by atoms with Crippen LogP contribution in [-0.2, 0) is 16.2 Å². The Bertz CT molecular complexity index is 3340. The first-order chi connectivity index (χ1) is 32.4. The van der Waals surface area contributed by atoms with E-state index in [1.807, 2.05) is 6.20 Å². The van der Waals surface area contributed by atoms with Crippen LogP contribution in [-0.4, -0.2) is 16.2 Å². The number of benzene rings is 7. The van der Waals surface area contributed by atoms with Crippen LogP contribution in [0.25, 0.3) is 49.9 Å². The Kier molecular flexibility index (Phi) is 11.1. The molecule has 0 N–H and O–H groups in total. The van der Waals surface area contributed by atoms with Gasteiger partial charge in [0, 0.05) is 40.5 Å². The molecule has 5 heteroatoms. The van der Waals surface area contributed by atoms with Gasteiger partial charge in [0.25, 0.3) is 0 Å². The third-order valence-electron chi connectivity index (χ3n) is 13.7. The van der Waals surface area contributed by atoms with E-state index in [9.17, 15) is 0 Å². The molecule has 0 saturated carbocycles. The first kappa shape index (κ1) is 44.7. The zero-order chi connectivity index (χ0) is 47.7. The highest BCUT2D eigenvalue weighted by atomic mass is 16.5. The van der Waals surface area contributed by atoms with Crippen molar-refractivity contribution >= 4 is 44.6 Å². The van der Waals surface area contributed by atoms with Gasteiger partial charge in [-0.2, -0.15) is 0 Å². The minimum Gasteiger partial charge on any atom is -0.457 e. The number of rotatable bonds is 8. The fourth-order valence-corrected chi connectivity index (χ4v) is 9.79. The number of pyridine rings is 1. The molecule has 0 radical (unpaired) electrons. The van der Waals surface area contributed by atoms with Crippen molar-refractivity contribution in [2.75, 3.05) is 16.5 Å². The van der Waals surface area contributed by atoms with Crippen LogP contribution < -0.4 is 14.5 Å². The molecular weight excluding hydrogens is 829 g/mol. The SMILES string of the molecule is CC(C)c1ccccc1-c1cc(Oc2ccc3c4ccccc4n(-c4cc(C(C)(C)C)ccn4)c3c2)cc(N2CN(c3cc(-c4ccccc4)cc(C(C)(C)C)c3)c3ccc(C(C)(C)C)cc32)c1. The molecule has 0 spiro atoms. The minimum absolute atomic E-state index is 0.0234. The van der Waals surface area contributed by atoms with Gasteiger partial charge in [0.2, 0.25) is 0 Å². The van der Waals surface area contributed by atoms with Crippen LogP contribution in [0.2, 0.25) is 0 Å². The van der Waals surface area contributed by atoms with Crippen molar-refractivity contribution in [2.24, 2.45) is 0 Å². The van der Waals surface area contributed by atoms with Gasteiger partial charge in [0.1, 0.15) is 24.0 Å². The molecule has 1 aliphatic rings. The van der Waals surface area contributed by atoms with Gasteiger partial charge in [-0.3, -0.25) is 4.57 Å². The maximum absolute atomic E-state index is 7.14. The van der Waals surface area contributed by atoms with Crippen LogP contribution >= 0.6 is 0 Å². The third kappa shape index (κ3) is 8.44. The quantitative estimate of drug-likeness (QED) is 0.152. The van der Waals surface area contributed by atoms with Crippen LogP contribution in [0.3, 0.4) is 0 Å². The number of aromatic nitrogens is 2. The lowest BCUT2D eigenvalue weighted by Crippen LogP contribution is -2.24. The molecule has 2 aromatic heterocycles. The average Bonchev–Trinajstić information content (AvgIpc) is 3.86. The van der Waals surface area contributed by atoms with Gasteiger partial charge in [0.05, 0.1) is 22.4 Å². The zero-order valence-electron chi connectivity index (χ0n) is 41.6. The average molecular weight is 893 g/mol. The smallest absolute Gasteiger partial charge is 0.137 e. The van der Waals surface area contributed by atoms with E-state index in [0.717, 1.165) is 45.0 Å². The van der Waals surface area contributed by atoms with E-state index in [0.29, 0.717) is 12.6 Å². The van der Waals surface area contributed by atoms with E-state index >= 15 is 0 Å². The van der Waals surface area contributed by atoms with Crippen molar-refractivity contribution in [1.82, 2.24) is 9.55 Å². The van der Waals surface area contributed by atoms with E-state index in [4.69, 9.17) is 9.72 Å². The molecule has 0 bridgehead atoms. The van der Waals surface area contributed by atoms with Gasteiger partial charge >= 0.3 is 0 Å². The Hall–Kier alpha value is -7.11. The lowest BCUT2D eigenvalue weighted by molar-refractivity contribution is 0.483. The lowest BCUT2D eigenvalue weighted by atomic mass is 9.84. The Labute approximate surface area is 403 Å². The fourth-order valence-electron chi connectivity index (χ4n) is 9.79. The van der Waals surface area contributed by atoms with Crippen molar-refractivity contribution in [3.8, 4) is 39.6 Å². The second-order valence-electron chi connectivity index (χ2n) is 22.1. The third-order valence-corrected chi connectivity index (χ3v) is 13.7. The molecule has 68 heavy (non-hydrogen) atoms. The molecule has 0 unspecified atom stereocenters. The van der Waals surface area contributed by atoms with Gasteiger partial charge in [-0.15, -0.1) is 0 Å². The fraction of sp³-hybridized carbons (Fsp3) is 0.254. The summed E-state index contributed by atoms with van der Waals surface area (Å²) in [4.78, 5) is 9.93. The molecular formula is C63H64N4O. The molecule has 10 rings (SSSR count). The van der Waals surface area contributed by atoms with Gasteiger partial charge in [-0.1, -0.05) is 161 Å². The predicted molar refractivity (Wildman–Crippen MR) is 288 cm³/mol. The monoisotopic (exact) mass is 893 g/mol. The summed E-state index contributed by atoms with van der Waals surface area (Å²) in [6.45, 7) is 25.8. The van der Waals surface area contributed by atoms with Crippen LogP contribution in [0.4, 0.5) is 22.7 Å². The summed E-state index contributed by atoms with van der Waals surface area (Å²) in [6, 6.07) is 60.1. The molecule has 342 valence electrons. The molecule has 5 nitrogen and oxygen atoms in total. The van der Waals surface area contributed by atoms with Crippen LogP contribution in [0.5, 0.6) is 11.5 Å². The maximum atomic E-state index is 7.14. The van der Waals surface area contributed by atoms with E-state index < -0.39 is 0 Å². The van der Waals surface area contributed by atoms with Crippen molar-refractivity contribution in [3.63, 3.8) is 0 Å². The molecule has 0 aliphatic carbocycles. The van der Waals surface area contributed by atoms with Gasteiger partial charge in [-0.05, 0) is 133 Å². The van der Waals surface area contributed by atoms with Gasteiger partial charge < -0.3 is 14.5 Å². The number of ether oxygens (including phenoxy) is 1. The van der Waals surface area contributed by atoms with Crippen molar-refractivity contribution < 1.29 is 4.74 Å². The van der Waals surface area contributed by atoms with Crippen LogP contribution in [0, 0.1) is 0 Å². The van der Waals surface area contributed by atoms with E-state index in [1.165, 1.54) is 61.4 Å². The highest BCUT2D eigenvalue weighted by Gasteiger charge is 2.32. The standard InChI is InChI=1S/C63H64N4O/c1-41(2)52-21-15-16-22-53(52)44-33-49(38-51(34-44)68-50-26-27-55-54-23-17-18-24-56(54)67(58(55)39-50)60-37-46(29-30-64-60)62(6,7)8)66-40-65(57-28-25-45(36-59(57)66)61(3,4)5)48-32-43(42-19-13-12-14-20-42)31-47(35-48)63(9,10)11/h12-39,41H,40H2,1-11H3. The van der Waals surface area contributed by atoms with Crippen molar-refractivity contribution in [2.45, 2.75) is 98.3 Å². The van der Waals surface area contributed by atoms with Gasteiger partial charge in [0.15, 0.2) is 0 Å². The van der Waals surface area contributed by atoms with Crippen molar-refractivity contribution in [1.29, 1.82) is 0 Å². The summed E-state index contributed by atoms with van der Waals surface area (Å²) in [7, 11) is 0. The highest BCUT2D eigenvalue weighted by Crippen LogP contribution is 2.49. The highest BCUT2D eigenvalue weighted by molar-refractivity contribution is 6.09. The minimum atomic E-state index is -0.0490. The molecule has 7 aromatic carbocycles. The maximum Gasteiger partial charge on any atom is 0.137 e. The van der Waals surface area contributed by atoms with E-state index in [1.54, 1.807) is 0 Å². The zero-order valence-corrected chi connectivity index (χ0v) is 41.6. The Morgan fingerprint density at radius 1 is 0.471 bits per heavy atom. The normalized spacial score (nSPS) is 13.2. The van der Waals surface area contributed by atoms with E-state index in [2.05, 4.69) is 254 Å². The number of hydrogen-bond donors (Lipinski definition) is 0. The Morgan fingerprint density at radius 2 is 1.12 bits per heavy atom. The van der Waals surface area contributed by atoms with Crippen LogP contribution in [0.1, 0.15) is 104 Å². The second kappa shape index (κ2) is 16.9. The molecule has 0 amide bonds. The summed E-state index contributed by atoms with van der Waals surface area (Å²) in [5.74, 6) is 2.77. The van der Waals surface area contributed by atoms with Crippen molar-refractivity contribution in [3.05, 3.63) is 192 Å². The number of hydrogen-bond acceptors (Lipinski definition) is 4.